The second-order valence-corrected chi connectivity index (χ2v) is 9.93. The fourth-order valence-electron chi connectivity index (χ4n) is 3.62. The molecule has 0 fully saturated rings. The molecule has 0 aliphatic carbocycles. The second-order valence-electron chi connectivity index (χ2n) is 9.93. The van der Waals surface area contributed by atoms with Gasteiger partial charge in [0, 0.05) is 20.3 Å². The van der Waals surface area contributed by atoms with E-state index in [2.05, 4.69) is 16.4 Å². The summed E-state index contributed by atoms with van der Waals surface area (Å²) in [4.78, 5) is 53.7. The Morgan fingerprint density at radius 3 is 1.24 bits per heavy atom. The van der Waals surface area contributed by atoms with Crippen molar-refractivity contribution in [3.8, 4) is 0 Å². The number of carbonyl (C=O) groups excluding carboxylic acids is 5. The summed E-state index contributed by atoms with van der Waals surface area (Å²) in [7, 11) is 0. The number of unbranched alkanes of at least 4 members (excludes halogenated alkanes) is 14. The van der Waals surface area contributed by atoms with Crippen LogP contribution in [0, 0.1) is 0 Å². The van der Waals surface area contributed by atoms with Gasteiger partial charge in [0.2, 0.25) is 0 Å². The second kappa shape index (κ2) is 27.7. The topological polar surface area (TPSA) is 194 Å². The van der Waals surface area contributed by atoms with Crippen molar-refractivity contribution in [3.63, 3.8) is 0 Å². The van der Waals surface area contributed by atoms with Gasteiger partial charge in [-0.1, -0.05) is 96.8 Å². The summed E-state index contributed by atoms with van der Waals surface area (Å²) in [5, 5.41) is 35.8. The molecule has 0 aromatic rings. The first-order valence-electron chi connectivity index (χ1n) is 14.7. The zero-order valence-corrected chi connectivity index (χ0v) is 25.0. The van der Waals surface area contributed by atoms with Gasteiger partial charge in [-0.3, -0.25) is 14.4 Å². The van der Waals surface area contributed by atoms with E-state index in [-0.39, 0.29) is 19.2 Å². The van der Waals surface area contributed by atoms with Crippen LogP contribution in [0.15, 0.2) is 0 Å². The first-order chi connectivity index (χ1) is 19.5. The first-order valence-corrected chi connectivity index (χ1v) is 14.7. The van der Waals surface area contributed by atoms with Crippen LogP contribution in [-0.2, 0) is 38.2 Å². The minimum absolute atomic E-state index is 0.103. The summed E-state index contributed by atoms with van der Waals surface area (Å²) in [5.41, 5.74) is 0. The first kappa shape index (κ1) is 40.7. The molecule has 0 aromatic carbocycles. The van der Waals surface area contributed by atoms with Crippen LogP contribution < -0.4 is 0 Å². The van der Waals surface area contributed by atoms with E-state index in [1.54, 1.807) is 0 Å². The van der Waals surface area contributed by atoms with E-state index in [9.17, 15) is 24.0 Å². The van der Waals surface area contributed by atoms with E-state index >= 15 is 0 Å². The Labute approximate surface area is 243 Å². The molecule has 0 rings (SSSR count). The van der Waals surface area contributed by atoms with Gasteiger partial charge in [0.25, 0.3) is 0 Å². The third kappa shape index (κ3) is 27.5. The van der Waals surface area contributed by atoms with Gasteiger partial charge in [0.05, 0.1) is 6.61 Å². The summed E-state index contributed by atoms with van der Waals surface area (Å²) >= 11 is 0. The lowest BCUT2D eigenvalue weighted by Gasteiger charge is -2.13. The monoisotopic (exact) mass is 592 g/mol. The molecule has 240 valence electrons. The summed E-state index contributed by atoms with van der Waals surface area (Å²) in [6, 6.07) is 0. The highest BCUT2D eigenvalue weighted by Gasteiger charge is 2.34. The minimum atomic E-state index is -2.30. The lowest BCUT2D eigenvalue weighted by atomic mass is 10.0. The predicted molar refractivity (Wildman–Crippen MR) is 149 cm³/mol. The van der Waals surface area contributed by atoms with Crippen LogP contribution in [0.3, 0.4) is 0 Å². The normalized spacial score (nSPS) is 12.8. The largest absolute Gasteiger partial charge is 0.463 e. The fourth-order valence-corrected chi connectivity index (χ4v) is 3.62. The summed E-state index contributed by atoms with van der Waals surface area (Å²) in [5.74, 6) is -5.34. The van der Waals surface area contributed by atoms with E-state index < -0.39 is 42.2 Å². The lowest BCUT2D eigenvalue weighted by Crippen LogP contribution is -2.42. The van der Waals surface area contributed by atoms with Crippen molar-refractivity contribution in [2.75, 3.05) is 13.2 Å². The number of esters is 5. The highest BCUT2D eigenvalue weighted by atomic mass is 16.6. The van der Waals surface area contributed by atoms with Gasteiger partial charge in [-0.25, -0.2) is 9.59 Å². The van der Waals surface area contributed by atoms with Gasteiger partial charge in [0.15, 0.2) is 12.2 Å². The molecule has 0 saturated heterocycles. The van der Waals surface area contributed by atoms with Crippen molar-refractivity contribution in [1.82, 2.24) is 0 Å². The Bertz CT molecular complexity index is 693. The molecule has 0 amide bonds. The van der Waals surface area contributed by atoms with Crippen LogP contribution in [0.4, 0.5) is 0 Å². The number of carbonyl (C=O) groups is 5. The summed E-state index contributed by atoms with van der Waals surface area (Å²) < 4.78 is 12.7. The van der Waals surface area contributed by atoms with Gasteiger partial charge in [0.1, 0.15) is 12.7 Å². The maximum Gasteiger partial charge on any atom is 0.345 e. The predicted octanol–water partition coefficient (Wildman–Crippen LogP) is 3.03. The van der Waals surface area contributed by atoms with Crippen molar-refractivity contribution < 1.29 is 58.6 Å². The number of aliphatic hydroxyl groups is 4. The average Bonchev–Trinajstić information content (AvgIpc) is 2.92. The molecular weight excluding hydrogens is 540 g/mol. The standard InChI is InChI=1S/C21H42O4.C8H10O8/c1-2-3-4-5-6-7-8-9-10-11-12-13-14-15-16-17-21(24)25-19-20(23)18-22;1-3(9)15-7(13)5(11)6(12)8(14)16-4(2)10/h20,22-23H,2-19H2,1H3;5-6,11-12H,1-2H3. The molecule has 0 saturated carbocycles. The van der Waals surface area contributed by atoms with Crippen LogP contribution in [0.1, 0.15) is 124 Å². The molecule has 0 aliphatic heterocycles. The molecule has 12 heteroatoms. The highest BCUT2D eigenvalue weighted by Crippen LogP contribution is 2.14. The molecule has 0 spiro atoms. The van der Waals surface area contributed by atoms with E-state index in [0.29, 0.717) is 6.42 Å². The maximum atomic E-state index is 11.4. The molecule has 0 bridgehead atoms. The van der Waals surface area contributed by atoms with Gasteiger partial charge in [-0.05, 0) is 6.42 Å². The zero-order chi connectivity index (χ0) is 31.5. The number of ether oxygens (including phenoxy) is 3. The maximum absolute atomic E-state index is 11.4. The van der Waals surface area contributed by atoms with Crippen LogP contribution >= 0.6 is 0 Å². The van der Waals surface area contributed by atoms with Gasteiger partial charge in [-0.15, -0.1) is 0 Å². The van der Waals surface area contributed by atoms with Crippen LogP contribution in [0.25, 0.3) is 0 Å². The van der Waals surface area contributed by atoms with Crippen molar-refractivity contribution in [2.45, 2.75) is 142 Å². The van der Waals surface area contributed by atoms with Crippen molar-refractivity contribution in [3.05, 3.63) is 0 Å². The molecule has 0 aromatic heterocycles. The molecule has 0 radical (unpaired) electrons. The van der Waals surface area contributed by atoms with E-state index in [0.717, 1.165) is 26.7 Å². The molecule has 3 atom stereocenters. The molecule has 0 heterocycles. The number of hydrogen-bond donors (Lipinski definition) is 4. The summed E-state index contributed by atoms with van der Waals surface area (Å²) in [6.45, 7) is 3.58. The Balaban J connectivity index is 0. The molecule has 4 N–H and O–H groups in total. The zero-order valence-electron chi connectivity index (χ0n) is 25.0. The van der Waals surface area contributed by atoms with E-state index in [1.165, 1.54) is 83.5 Å². The Hall–Kier alpha value is -2.41. The van der Waals surface area contributed by atoms with Gasteiger partial charge < -0.3 is 34.6 Å². The fraction of sp³-hybridized carbons (Fsp3) is 0.828. The number of aliphatic hydroxyl groups excluding tert-OH is 4. The summed E-state index contributed by atoms with van der Waals surface area (Å²) in [6.07, 6.45) is 14.4. The number of hydrogen-bond acceptors (Lipinski definition) is 12. The average molecular weight is 593 g/mol. The van der Waals surface area contributed by atoms with Crippen LogP contribution in [0.2, 0.25) is 0 Å². The van der Waals surface area contributed by atoms with Gasteiger partial charge in [-0.2, -0.15) is 0 Å². The van der Waals surface area contributed by atoms with Crippen molar-refractivity contribution >= 4 is 29.8 Å². The molecule has 41 heavy (non-hydrogen) atoms. The molecule has 0 aliphatic rings. The van der Waals surface area contributed by atoms with Crippen LogP contribution in [-0.4, -0.2) is 81.8 Å². The quantitative estimate of drug-likeness (QED) is 0.0622. The van der Waals surface area contributed by atoms with Crippen molar-refractivity contribution in [1.29, 1.82) is 0 Å². The molecule has 12 nitrogen and oxygen atoms in total. The number of rotatable bonds is 22. The van der Waals surface area contributed by atoms with E-state index in [1.807, 2.05) is 0 Å². The van der Waals surface area contributed by atoms with Gasteiger partial charge >= 0.3 is 29.8 Å². The Kier molecular flexibility index (Phi) is 27.6. The lowest BCUT2D eigenvalue weighted by molar-refractivity contribution is -0.179. The molecular formula is C29H52O12. The third-order valence-electron chi connectivity index (χ3n) is 5.90. The van der Waals surface area contributed by atoms with Crippen molar-refractivity contribution in [2.24, 2.45) is 0 Å². The van der Waals surface area contributed by atoms with E-state index in [4.69, 9.17) is 25.2 Å². The Morgan fingerprint density at radius 2 is 0.927 bits per heavy atom. The molecule has 3 unspecified atom stereocenters. The SMILES string of the molecule is CC(=O)OC(=O)C(O)C(O)C(=O)OC(C)=O.CCCCCCCCCCCCCCCCCC(=O)OCC(O)CO. The Morgan fingerprint density at radius 1 is 0.585 bits per heavy atom. The minimum Gasteiger partial charge on any atom is -0.463 e. The van der Waals surface area contributed by atoms with Crippen LogP contribution in [0.5, 0.6) is 0 Å². The smallest absolute Gasteiger partial charge is 0.345 e. The highest BCUT2D eigenvalue weighted by molar-refractivity contribution is 5.93. The third-order valence-corrected chi connectivity index (χ3v) is 5.90.